The molecule has 16 heavy (non-hydrogen) atoms. The van der Waals surface area contributed by atoms with E-state index < -0.39 is 0 Å². The normalized spacial score (nSPS) is 10.3. The van der Waals surface area contributed by atoms with Gasteiger partial charge in [0.25, 0.3) is 0 Å². The van der Waals surface area contributed by atoms with Gasteiger partial charge in [0.15, 0.2) is 0 Å². The van der Waals surface area contributed by atoms with Crippen molar-refractivity contribution in [3.8, 4) is 0 Å². The van der Waals surface area contributed by atoms with E-state index in [1.54, 1.807) is 6.07 Å². The van der Waals surface area contributed by atoms with E-state index in [4.69, 9.17) is 5.73 Å². The molecule has 0 aliphatic heterocycles. The number of aromatic nitrogens is 3. The first-order valence-corrected chi connectivity index (χ1v) is 5.30. The van der Waals surface area contributed by atoms with Gasteiger partial charge in [0.2, 0.25) is 0 Å². The maximum Gasteiger partial charge on any atom is 0.146 e. The Hall–Kier alpha value is -1.97. The Kier molecular flexibility index (Phi) is 3.10. The molecule has 2 heterocycles. The minimum atomic E-state index is 0.443. The second-order valence-electron chi connectivity index (χ2n) is 3.64. The first-order chi connectivity index (χ1) is 7.78. The van der Waals surface area contributed by atoms with Crippen molar-refractivity contribution in [2.75, 3.05) is 5.73 Å². The highest BCUT2D eigenvalue weighted by Crippen LogP contribution is 2.06. The maximum absolute atomic E-state index is 5.47. The SMILES string of the molecule is CCc1ccc(Cc2ccc(N)nn2)nc1. The summed E-state index contributed by atoms with van der Waals surface area (Å²) in [5.74, 6) is 0.443. The number of nitrogens with zero attached hydrogens (tertiary/aromatic N) is 3. The minimum Gasteiger partial charge on any atom is -0.382 e. The van der Waals surface area contributed by atoms with Gasteiger partial charge in [-0.25, -0.2) is 0 Å². The molecule has 4 nitrogen and oxygen atoms in total. The van der Waals surface area contributed by atoms with E-state index in [9.17, 15) is 0 Å². The Morgan fingerprint density at radius 3 is 2.44 bits per heavy atom. The quantitative estimate of drug-likeness (QED) is 0.843. The third-order valence-corrected chi connectivity index (χ3v) is 2.40. The molecule has 2 aromatic heterocycles. The molecular formula is C12H14N4. The van der Waals surface area contributed by atoms with Crippen LogP contribution in [0.15, 0.2) is 30.5 Å². The van der Waals surface area contributed by atoms with E-state index in [0.717, 1.165) is 17.8 Å². The second kappa shape index (κ2) is 4.70. The Labute approximate surface area is 94.6 Å². The van der Waals surface area contributed by atoms with Gasteiger partial charge in [0.1, 0.15) is 5.82 Å². The highest BCUT2D eigenvalue weighted by Gasteiger charge is 2.00. The molecule has 0 spiro atoms. The number of rotatable bonds is 3. The summed E-state index contributed by atoms with van der Waals surface area (Å²) in [5.41, 5.74) is 8.59. The van der Waals surface area contributed by atoms with Gasteiger partial charge in [0.05, 0.1) is 5.69 Å². The summed E-state index contributed by atoms with van der Waals surface area (Å²) in [4.78, 5) is 4.37. The molecule has 0 atom stereocenters. The highest BCUT2D eigenvalue weighted by atomic mass is 15.1. The first kappa shape index (κ1) is 10.5. The van der Waals surface area contributed by atoms with Crippen LogP contribution in [-0.2, 0) is 12.8 Å². The summed E-state index contributed by atoms with van der Waals surface area (Å²) >= 11 is 0. The third kappa shape index (κ3) is 2.53. The van der Waals surface area contributed by atoms with Crippen molar-refractivity contribution in [1.82, 2.24) is 15.2 Å². The molecule has 0 aromatic carbocycles. The molecule has 0 fully saturated rings. The molecule has 0 saturated heterocycles. The zero-order valence-electron chi connectivity index (χ0n) is 9.22. The average Bonchev–Trinajstić information content (AvgIpc) is 2.33. The zero-order chi connectivity index (χ0) is 11.4. The molecule has 0 aliphatic carbocycles. The van der Waals surface area contributed by atoms with Crippen molar-refractivity contribution in [3.05, 3.63) is 47.4 Å². The molecule has 0 amide bonds. The van der Waals surface area contributed by atoms with Crippen LogP contribution in [0.25, 0.3) is 0 Å². The van der Waals surface area contributed by atoms with Crippen LogP contribution in [0.4, 0.5) is 5.82 Å². The van der Waals surface area contributed by atoms with Crippen molar-refractivity contribution < 1.29 is 0 Å². The van der Waals surface area contributed by atoms with E-state index in [-0.39, 0.29) is 0 Å². The minimum absolute atomic E-state index is 0.443. The fraction of sp³-hybridized carbons (Fsp3) is 0.250. The Morgan fingerprint density at radius 2 is 1.88 bits per heavy atom. The molecule has 0 unspecified atom stereocenters. The number of nitrogens with two attached hydrogens (primary N) is 1. The third-order valence-electron chi connectivity index (χ3n) is 2.40. The number of nitrogen functional groups attached to an aromatic ring is 1. The van der Waals surface area contributed by atoms with Gasteiger partial charge in [-0.3, -0.25) is 4.98 Å². The molecular weight excluding hydrogens is 200 g/mol. The largest absolute Gasteiger partial charge is 0.382 e. The van der Waals surface area contributed by atoms with Crippen LogP contribution < -0.4 is 5.73 Å². The fourth-order valence-electron chi connectivity index (χ4n) is 1.42. The van der Waals surface area contributed by atoms with Crippen LogP contribution in [0.3, 0.4) is 0 Å². The van der Waals surface area contributed by atoms with Crippen LogP contribution in [0.2, 0.25) is 0 Å². The number of hydrogen-bond acceptors (Lipinski definition) is 4. The van der Waals surface area contributed by atoms with Crippen molar-refractivity contribution in [2.45, 2.75) is 19.8 Å². The predicted molar refractivity (Wildman–Crippen MR) is 62.9 cm³/mol. The lowest BCUT2D eigenvalue weighted by Crippen LogP contribution is -1.99. The Bertz CT molecular complexity index is 447. The monoisotopic (exact) mass is 214 g/mol. The van der Waals surface area contributed by atoms with Gasteiger partial charge in [-0.1, -0.05) is 13.0 Å². The predicted octanol–water partition coefficient (Wildman–Crippen LogP) is 1.61. The molecule has 0 bridgehead atoms. The van der Waals surface area contributed by atoms with Crippen LogP contribution in [0, 0.1) is 0 Å². The summed E-state index contributed by atoms with van der Waals surface area (Å²) in [5, 5.41) is 7.81. The zero-order valence-corrected chi connectivity index (χ0v) is 9.22. The first-order valence-electron chi connectivity index (χ1n) is 5.30. The molecule has 2 rings (SSSR count). The number of anilines is 1. The van der Waals surface area contributed by atoms with Gasteiger partial charge < -0.3 is 5.73 Å². The summed E-state index contributed by atoms with van der Waals surface area (Å²) in [6.07, 6.45) is 3.60. The lowest BCUT2D eigenvalue weighted by atomic mass is 10.1. The Balaban J connectivity index is 2.11. The second-order valence-corrected chi connectivity index (χ2v) is 3.64. The topological polar surface area (TPSA) is 64.7 Å². The maximum atomic E-state index is 5.47. The van der Waals surface area contributed by atoms with E-state index in [1.165, 1.54) is 5.56 Å². The summed E-state index contributed by atoms with van der Waals surface area (Å²) < 4.78 is 0. The fourth-order valence-corrected chi connectivity index (χ4v) is 1.42. The van der Waals surface area contributed by atoms with Gasteiger partial charge in [-0.15, -0.1) is 5.10 Å². The summed E-state index contributed by atoms with van der Waals surface area (Å²) in [6, 6.07) is 7.74. The van der Waals surface area contributed by atoms with E-state index >= 15 is 0 Å². The molecule has 0 aliphatic rings. The van der Waals surface area contributed by atoms with Crippen molar-refractivity contribution in [2.24, 2.45) is 0 Å². The smallest absolute Gasteiger partial charge is 0.146 e. The van der Waals surface area contributed by atoms with Crippen molar-refractivity contribution >= 4 is 5.82 Å². The van der Waals surface area contributed by atoms with E-state index in [0.29, 0.717) is 12.2 Å². The molecule has 2 aromatic rings. The van der Waals surface area contributed by atoms with Crippen LogP contribution in [-0.4, -0.2) is 15.2 Å². The molecule has 0 saturated carbocycles. The van der Waals surface area contributed by atoms with Gasteiger partial charge in [-0.2, -0.15) is 5.10 Å². The number of aryl methyl sites for hydroxylation is 1. The number of pyridine rings is 1. The van der Waals surface area contributed by atoms with Gasteiger partial charge in [0, 0.05) is 18.3 Å². The summed E-state index contributed by atoms with van der Waals surface area (Å²) in [6.45, 7) is 2.11. The molecule has 4 heteroatoms. The lowest BCUT2D eigenvalue weighted by Gasteiger charge is -2.01. The standard InChI is InChI=1S/C12H14N4/c1-2-9-3-4-10(14-8-9)7-11-5-6-12(13)16-15-11/h3-6,8H,2,7H2,1H3,(H2,13,16). The van der Waals surface area contributed by atoms with Crippen LogP contribution >= 0.6 is 0 Å². The average molecular weight is 214 g/mol. The number of hydrogen-bond donors (Lipinski definition) is 1. The van der Waals surface area contributed by atoms with Crippen LogP contribution in [0.5, 0.6) is 0 Å². The Morgan fingerprint density at radius 1 is 1.06 bits per heavy atom. The molecule has 2 N–H and O–H groups in total. The molecule has 0 radical (unpaired) electrons. The summed E-state index contributed by atoms with van der Waals surface area (Å²) in [7, 11) is 0. The van der Waals surface area contributed by atoms with Crippen LogP contribution in [0.1, 0.15) is 23.9 Å². The highest BCUT2D eigenvalue weighted by molar-refractivity contribution is 5.27. The van der Waals surface area contributed by atoms with Gasteiger partial charge in [-0.05, 0) is 30.2 Å². The van der Waals surface area contributed by atoms with E-state index in [2.05, 4.69) is 28.2 Å². The van der Waals surface area contributed by atoms with Gasteiger partial charge >= 0.3 is 0 Å². The lowest BCUT2D eigenvalue weighted by molar-refractivity contribution is 0.920. The van der Waals surface area contributed by atoms with E-state index in [1.807, 2.05) is 18.3 Å². The van der Waals surface area contributed by atoms with Crippen molar-refractivity contribution in [1.29, 1.82) is 0 Å². The molecule has 82 valence electrons. The van der Waals surface area contributed by atoms with Crippen molar-refractivity contribution in [3.63, 3.8) is 0 Å².